The van der Waals surface area contributed by atoms with Crippen molar-refractivity contribution < 1.29 is 23.9 Å². The lowest BCUT2D eigenvalue weighted by atomic mass is 10.1. The number of esters is 1. The van der Waals surface area contributed by atoms with Crippen LogP contribution < -0.4 is 0 Å². The topological polar surface area (TPSA) is 80.8 Å². The number of ketones is 1. The standard InChI is InChI=1S/C17H13NO5S/c1-10(19)13-6-7-14(24-13)17(22)23-9-8-18-15(20)11-4-2-3-5-12(11)16(18)21/h2-7H,8-9H2,1H3. The summed E-state index contributed by atoms with van der Waals surface area (Å²) in [6, 6.07) is 9.65. The van der Waals surface area contributed by atoms with Crippen LogP contribution in [0.4, 0.5) is 0 Å². The number of imide groups is 1. The summed E-state index contributed by atoms with van der Waals surface area (Å²) < 4.78 is 5.09. The van der Waals surface area contributed by atoms with E-state index < -0.39 is 5.97 Å². The number of fused-ring (bicyclic) bond motifs is 1. The summed E-state index contributed by atoms with van der Waals surface area (Å²) in [6.07, 6.45) is 0. The average molecular weight is 343 g/mol. The fourth-order valence-electron chi connectivity index (χ4n) is 2.38. The van der Waals surface area contributed by atoms with Gasteiger partial charge in [0.1, 0.15) is 11.5 Å². The number of carbonyl (C=O) groups excluding carboxylic acids is 4. The maximum Gasteiger partial charge on any atom is 0.348 e. The molecule has 0 radical (unpaired) electrons. The molecule has 3 rings (SSSR count). The van der Waals surface area contributed by atoms with Crippen molar-refractivity contribution in [2.45, 2.75) is 6.92 Å². The summed E-state index contributed by atoms with van der Waals surface area (Å²) in [4.78, 5) is 49.3. The van der Waals surface area contributed by atoms with Crippen molar-refractivity contribution in [2.75, 3.05) is 13.2 Å². The molecule has 1 aliphatic heterocycles. The normalized spacial score (nSPS) is 13.1. The van der Waals surface area contributed by atoms with Gasteiger partial charge in [-0.2, -0.15) is 0 Å². The van der Waals surface area contributed by atoms with Crippen LogP contribution in [0.1, 0.15) is 47.0 Å². The van der Waals surface area contributed by atoms with Crippen LogP contribution >= 0.6 is 11.3 Å². The first-order valence-corrected chi connectivity index (χ1v) is 8.04. The highest BCUT2D eigenvalue weighted by Gasteiger charge is 2.34. The Morgan fingerprint density at radius 3 is 2.12 bits per heavy atom. The quantitative estimate of drug-likeness (QED) is 0.473. The van der Waals surface area contributed by atoms with Crippen molar-refractivity contribution in [3.05, 3.63) is 57.3 Å². The third kappa shape index (κ3) is 2.85. The molecule has 1 aromatic carbocycles. The van der Waals surface area contributed by atoms with Crippen molar-refractivity contribution >= 4 is 34.9 Å². The molecule has 2 amide bonds. The largest absolute Gasteiger partial charge is 0.460 e. The van der Waals surface area contributed by atoms with E-state index >= 15 is 0 Å². The third-order valence-corrected chi connectivity index (χ3v) is 4.75. The molecule has 0 aliphatic carbocycles. The summed E-state index contributed by atoms with van der Waals surface area (Å²) in [5, 5.41) is 0. The lowest BCUT2D eigenvalue weighted by molar-refractivity contribution is 0.0424. The first-order valence-electron chi connectivity index (χ1n) is 7.22. The molecule has 0 bridgehead atoms. The number of ether oxygens (including phenoxy) is 1. The van der Waals surface area contributed by atoms with Crippen molar-refractivity contribution in [1.29, 1.82) is 0 Å². The van der Waals surface area contributed by atoms with E-state index in [1.807, 2.05) is 0 Å². The predicted molar refractivity (Wildman–Crippen MR) is 86.4 cm³/mol. The van der Waals surface area contributed by atoms with Gasteiger partial charge in [-0.3, -0.25) is 19.3 Å². The minimum atomic E-state index is -0.580. The van der Waals surface area contributed by atoms with Crippen molar-refractivity contribution in [3.63, 3.8) is 0 Å². The Bertz CT molecular complexity index is 819. The van der Waals surface area contributed by atoms with Crippen LogP contribution in [0.15, 0.2) is 36.4 Å². The fraction of sp³-hybridized carbons (Fsp3) is 0.176. The Balaban J connectivity index is 1.59. The number of rotatable bonds is 5. The number of Topliss-reactive ketones (excluding diaryl/α,β-unsaturated/α-hetero) is 1. The molecule has 2 heterocycles. The minimum absolute atomic E-state index is 0.0109. The first kappa shape index (κ1) is 16.1. The van der Waals surface area contributed by atoms with E-state index in [4.69, 9.17) is 4.74 Å². The monoisotopic (exact) mass is 343 g/mol. The van der Waals surface area contributed by atoms with Crippen molar-refractivity contribution in [3.8, 4) is 0 Å². The summed E-state index contributed by atoms with van der Waals surface area (Å²) >= 11 is 1.05. The molecule has 7 heteroatoms. The predicted octanol–water partition coefficient (Wildman–Crippen LogP) is 2.40. The van der Waals surface area contributed by atoms with Crippen LogP contribution in [0.2, 0.25) is 0 Å². The zero-order valence-electron chi connectivity index (χ0n) is 12.8. The molecule has 24 heavy (non-hydrogen) atoms. The fourth-order valence-corrected chi connectivity index (χ4v) is 3.17. The summed E-state index contributed by atoms with van der Waals surface area (Å²) in [5.74, 6) is -1.47. The smallest absolute Gasteiger partial charge is 0.348 e. The molecule has 122 valence electrons. The molecular formula is C17H13NO5S. The summed E-state index contributed by atoms with van der Waals surface area (Å²) in [7, 11) is 0. The lowest BCUT2D eigenvalue weighted by Gasteiger charge is -2.13. The van der Waals surface area contributed by atoms with E-state index in [0.717, 1.165) is 16.2 Å². The maximum absolute atomic E-state index is 12.2. The van der Waals surface area contributed by atoms with Crippen molar-refractivity contribution in [2.24, 2.45) is 0 Å². The van der Waals surface area contributed by atoms with Gasteiger partial charge in [-0.25, -0.2) is 4.79 Å². The van der Waals surface area contributed by atoms with Crippen LogP contribution in [0.5, 0.6) is 0 Å². The van der Waals surface area contributed by atoms with Gasteiger partial charge in [0.15, 0.2) is 5.78 Å². The second-order valence-electron chi connectivity index (χ2n) is 5.16. The van der Waals surface area contributed by atoms with E-state index in [-0.39, 0.29) is 30.7 Å². The van der Waals surface area contributed by atoms with Crippen molar-refractivity contribution in [1.82, 2.24) is 4.90 Å². The lowest BCUT2D eigenvalue weighted by Crippen LogP contribution is -2.33. The van der Waals surface area contributed by atoms with Gasteiger partial charge in [0.25, 0.3) is 11.8 Å². The number of hydrogen-bond acceptors (Lipinski definition) is 6. The molecular weight excluding hydrogens is 330 g/mol. The number of amides is 2. The van der Waals surface area contributed by atoms with Gasteiger partial charge in [0, 0.05) is 0 Å². The van der Waals surface area contributed by atoms with E-state index in [0.29, 0.717) is 20.9 Å². The van der Waals surface area contributed by atoms with Gasteiger partial charge in [0.05, 0.1) is 22.5 Å². The second kappa shape index (κ2) is 6.37. The van der Waals surface area contributed by atoms with Gasteiger partial charge in [-0.15, -0.1) is 11.3 Å². The number of hydrogen-bond donors (Lipinski definition) is 0. The van der Waals surface area contributed by atoms with Crippen LogP contribution in [0, 0.1) is 0 Å². The number of nitrogens with zero attached hydrogens (tertiary/aromatic N) is 1. The number of carbonyl (C=O) groups is 4. The molecule has 2 aromatic rings. The second-order valence-corrected chi connectivity index (χ2v) is 6.25. The Morgan fingerprint density at radius 2 is 1.58 bits per heavy atom. The summed E-state index contributed by atoms with van der Waals surface area (Å²) in [6.45, 7) is 1.31. The van der Waals surface area contributed by atoms with Gasteiger partial charge in [-0.05, 0) is 31.2 Å². The molecule has 0 atom stereocenters. The highest BCUT2D eigenvalue weighted by molar-refractivity contribution is 7.15. The van der Waals surface area contributed by atoms with Gasteiger partial charge < -0.3 is 4.74 Å². The van der Waals surface area contributed by atoms with E-state index in [1.165, 1.54) is 13.0 Å². The highest BCUT2D eigenvalue weighted by atomic mass is 32.1. The highest BCUT2D eigenvalue weighted by Crippen LogP contribution is 2.22. The van der Waals surface area contributed by atoms with Crippen LogP contribution in [-0.2, 0) is 4.74 Å². The van der Waals surface area contributed by atoms with Gasteiger partial charge in [0.2, 0.25) is 0 Å². The zero-order chi connectivity index (χ0) is 17.3. The maximum atomic E-state index is 12.2. The molecule has 0 spiro atoms. The third-order valence-electron chi connectivity index (χ3n) is 3.58. The van der Waals surface area contributed by atoms with Crippen LogP contribution in [-0.4, -0.2) is 41.6 Å². The molecule has 0 saturated heterocycles. The Labute approximate surface area is 141 Å². The van der Waals surface area contributed by atoms with E-state index in [2.05, 4.69) is 0 Å². The molecule has 6 nitrogen and oxygen atoms in total. The molecule has 1 aliphatic rings. The molecule has 0 fully saturated rings. The van der Waals surface area contributed by atoms with Gasteiger partial charge in [-0.1, -0.05) is 12.1 Å². The first-order chi connectivity index (χ1) is 11.5. The van der Waals surface area contributed by atoms with E-state index in [9.17, 15) is 19.2 Å². The van der Waals surface area contributed by atoms with E-state index in [1.54, 1.807) is 30.3 Å². The average Bonchev–Trinajstić information content (AvgIpc) is 3.15. The molecule has 0 N–H and O–H groups in total. The SMILES string of the molecule is CC(=O)c1ccc(C(=O)OCCN2C(=O)c3ccccc3C2=O)s1. The van der Waals surface area contributed by atoms with Crippen LogP contribution in [0.3, 0.4) is 0 Å². The molecule has 0 saturated carbocycles. The minimum Gasteiger partial charge on any atom is -0.460 e. The van der Waals surface area contributed by atoms with Crippen LogP contribution in [0.25, 0.3) is 0 Å². The number of benzene rings is 1. The molecule has 0 unspecified atom stereocenters. The Hall–Kier alpha value is -2.80. The summed E-state index contributed by atoms with van der Waals surface area (Å²) in [5.41, 5.74) is 0.719. The Kier molecular flexibility index (Phi) is 4.26. The zero-order valence-corrected chi connectivity index (χ0v) is 13.6. The number of thiophene rings is 1. The molecule has 1 aromatic heterocycles. The Morgan fingerprint density at radius 1 is 1.00 bits per heavy atom. The van der Waals surface area contributed by atoms with Gasteiger partial charge >= 0.3 is 5.97 Å².